The van der Waals surface area contributed by atoms with E-state index in [0.717, 1.165) is 24.6 Å². The molecule has 1 N–H and O–H groups in total. The molecule has 0 aliphatic heterocycles. The molecular weight excluding hydrogens is 174 g/mol. The second-order valence-electron chi connectivity index (χ2n) is 4.12. The molecule has 1 unspecified atom stereocenters. The van der Waals surface area contributed by atoms with Gasteiger partial charge in [-0.15, -0.1) is 0 Å². The average molecular weight is 193 g/mol. The molecule has 1 heterocycles. The highest BCUT2D eigenvalue weighted by Crippen LogP contribution is 2.34. The largest absolute Gasteiger partial charge is 0.469 e. The Morgan fingerprint density at radius 1 is 1.57 bits per heavy atom. The van der Waals surface area contributed by atoms with Gasteiger partial charge in [-0.25, -0.2) is 0 Å². The van der Waals surface area contributed by atoms with Crippen molar-refractivity contribution in [3.8, 4) is 0 Å². The fourth-order valence-corrected chi connectivity index (χ4v) is 2.02. The minimum Gasteiger partial charge on any atom is -0.469 e. The molecule has 1 aromatic heterocycles. The molecule has 0 bridgehead atoms. The predicted molar refractivity (Wildman–Crippen MR) is 57.2 cm³/mol. The summed E-state index contributed by atoms with van der Waals surface area (Å²) in [7, 11) is 0. The summed E-state index contributed by atoms with van der Waals surface area (Å²) in [5.41, 5.74) is 0. The van der Waals surface area contributed by atoms with Crippen molar-refractivity contribution in [1.82, 2.24) is 5.32 Å². The van der Waals surface area contributed by atoms with Gasteiger partial charge in [0.05, 0.1) is 6.26 Å². The number of rotatable bonds is 6. The second-order valence-corrected chi connectivity index (χ2v) is 4.12. The SMILES string of the molecule is CCNC(CCc1ccco1)C1CC1. The van der Waals surface area contributed by atoms with Crippen LogP contribution >= 0.6 is 0 Å². The number of hydrogen-bond acceptors (Lipinski definition) is 2. The Kier molecular flexibility index (Phi) is 3.25. The van der Waals surface area contributed by atoms with Gasteiger partial charge in [0.25, 0.3) is 0 Å². The van der Waals surface area contributed by atoms with Crippen LogP contribution in [-0.4, -0.2) is 12.6 Å². The Morgan fingerprint density at radius 3 is 3.00 bits per heavy atom. The quantitative estimate of drug-likeness (QED) is 0.751. The van der Waals surface area contributed by atoms with Gasteiger partial charge < -0.3 is 9.73 Å². The third-order valence-electron chi connectivity index (χ3n) is 2.94. The molecule has 0 amide bonds. The van der Waals surface area contributed by atoms with Crippen molar-refractivity contribution in [2.45, 2.75) is 38.6 Å². The summed E-state index contributed by atoms with van der Waals surface area (Å²) in [5.74, 6) is 2.05. The lowest BCUT2D eigenvalue weighted by Crippen LogP contribution is -2.31. The molecule has 14 heavy (non-hydrogen) atoms. The van der Waals surface area contributed by atoms with Crippen LogP contribution in [0.2, 0.25) is 0 Å². The van der Waals surface area contributed by atoms with E-state index in [1.54, 1.807) is 6.26 Å². The highest BCUT2D eigenvalue weighted by atomic mass is 16.3. The predicted octanol–water partition coefficient (Wildman–Crippen LogP) is 2.60. The summed E-state index contributed by atoms with van der Waals surface area (Å²) in [6.07, 6.45) is 6.87. The Bertz CT molecular complexity index is 251. The van der Waals surface area contributed by atoms with Gasteiger partial charge in [0.15, 0.2) is 0 Å². The Balaban J connectivity index is 1.76. The molecule has 2 nitrogen and oxygen atoms in total. The zero-order chi connectivity index (χ0) is 9.80. The van der Waals surface area contributed by atoms with Crippen LogP contribution in [-0.2, 0) is 6.42 Å². The number of nitrogens with one attached hydrogen (secondary N) is 1. The van der Waals surface area contributed by atoms with Crippen molar-refractivity contribution < 1.29 is 4.42 Å². The minimum atomic E-state index is 0.713. The first-order valence-electron chi connectivity index (χ1n) is 5.66. The van der Waals surface area contributed by atoms with Gasteiger partial charge >= 0.3 is 0 Å². The van der Waals surface area contributed by atoms with Crippen LogP contribution in [0.15, 0.2) is 22.8 Å². The van der Waals surface area contributed by atoms with Crippen LogP contribution in [0.25, 0.3) is 0 Å². The Hall–Kier alpha value is -0.760. The third kappa shape index (κ3) is 2.61. The molecular formula is C12H19NO. The van der Waals surface area contributed by atoms with Crippen LogP contribution in [0.5, 0.6) is 0 Å². The molecule has 1 aliphatic rings. The highest BCUT2D eigenvalue weighted by Gasteiger charge is 2.30. The average Bonchev–Trinajstić information content (AvgIpc) is 2.90. The Morgan fingerprint density at radius 2 is 2.43 bits per heavy atom. The lowest BCUT2D eigenvalue weighted by Gasteiger charge is -2.16. The number of aryl methyl sites for hydroxylation is 1. The van der Waals surface area contributed by atoms with E-state index in [4.69, 9.17) is 4.42 Å². The second kappa shape index (κ2) is 4.65. The third-order valence-corrected chi connectivity index (χ3v) is 2.94. The first kappa shape index (κ1) is 9.78. The zero-order valence-electron chi connectivity index (χ0n) is 8.83. The van der Waals surface area contributed by atoms with E-state index < -0.39 is 0 Å². The lowest BCUT2D eigenvalue weighted by atomic mass is 10.1. The topological polar surface area (TPSA) is 25.2 Å². The molecule has 0 radical (unpaired) electrons. The fourth-order valence-electron chi connectivity index (χ4n) is 2.02. The zero-order valence-corrected chi connectivity index (χ0v) is 8.83. The summed E-state index contributed by atoms with van der Waals surface area (Å²) in [6.45, 7) is 3.27. The molecule has 1 aliphatic carbocycles. The smallest absolute Gasteiger partial charge is 0.103 e. The summed E-state index contributed by atoms with van der Waals surface area (Å²) in [6, 6.07) is 4.75. The molecule has 0 aromatic carbocycles. The highest BCUT2D eigenvalue weighted by molar-refractivity contribution is 4.99. The van der Waals surface area contributed by atoms with E-state index in [0.29, 0.717) is 6.04 Å². The first-order valence-corrected chi connectivity index (χ1v) is 5.66. The van der Waals surface area contributed by atoms with Crippen molar-refractivity contribution in [3.63, 3.8) is 0 Å². The molecule has 1 saturated carbocycles. The number of furan rings is 1. The molecule has 1 aromatic rings. The maximum Gasteiger partial charge on any atom is 0.103 e. The van der Waals surface area contributed by atoms with Crippen molar-refractivity contribution in [1.29, 1.82) is 0 Å². The summed E-state index contributed by atoms with van der Waals surface area (Å²) >= 11 is 0. The van der Waals surface area contributed by atoms with Crippen molar-refractivity contribution in [3.05, 3.63) is 24.2 Å². The van der Waals surface area contributed by atoms with Crippen LogP contribution in [0, 0.1) is 5.92 Å². The van der Waals surface area contributed by atoms with Crippen LogP contribution < -0.4 is 5.32 Å². The molecule has 0 spiro atoms. The molecule has 1 atom stereocenters. The van der Waals surface area contributed by atoms with Gasteiger partial charge in [0.2, 0.25) is 0 Å². The fraction of sp³-hybridized carbons (Fsp3) is 0.667. The van der Waals surface area contributed by atoms with Gasteiger partial charge in [0, 0.05) is 12.5 Å². The minimum absolute atomic E-state index is 0.713. The van der Waals surface area contributed by atoms with E-state index >= 15 is 0 Å². The van der Waals surface area contributed by atoms with Crippen LogP contribution in [0.1, 0.15) is 31.9 Å². The molecule has 0 saturated heterocycles. The van der Waals surface area contributed by atoms with E-state index in [9.17, 15) is 0 Å². The first-order chi connectivity index (χ1) is 6.90. The summed E-state index contributed by atoms with van der Waals surface area (Å²) < 4.78 is 5.33. The molecule has 78 valence electrons. The molecule has 1 fully saturated rings. The van der Waals surface area contributed by atoms with Gasteiger partial charge in [-0.3, -0.25) is 0 Å². The molecule has 2 rings (SSSR count). The van der Waals surface area contributed by atoms with E-state index in [1.165, 1.54) is 19.3 Å². The van der Waals surface area contributed by atoms with Crippen LogP contribution in [0.4, 0.5) is 0 Å². The maximum atomic E-state index is 5.33. The van der Waals surface area contributed by atoms with Crippen molar-refractivity contribution >= 4 is 0 Å². The lowest BCUT2D eigenvalue weighted by molar-refractivity contribution is 0.419. The molecule has 2 heteroatoms. The summed E-state index contributed by atoms with van der Waals surface area (Å²) in [4.78, 5) is 0. The maximum absolute atomic E-state index is 5.33. The van der Waals surface area contributed by atoms with E-state index in [-0.39, 0.29) is 0 Å². The van der Waals surface area contributed by atoms with E-state index in [1.807, 2.05) is 6.07 Å². The van der Waals surface area contributed by atoms with Gasteiger partial charge in [-0.2, -0.15) is 0 Å². The Labute approximate surface area is 85.7 Å². The summed E-state index contributed by atoms with van der Waals surface area (Å²) in [5, 5.41) is 3.57. The van der Waals surface area contributed by atoms with E-state index in [2.05, 4.69) is 18.3 Å². The van der Waals surface area contributed by atoms with Gasteiger partial charge in [0.1, 0.15) is 5.76 Å². The normalized spacial score (nSPS) is 18.4. The monoisotopic (exact) mass is 193 g/mol. The van der Waals surface area contributed by atoms with Crippen molar-refractivity contribution in [2.24, 2.45) is 5.92 Å². The van der Waals surface area contributed by atoms with Crippen LogP contribution in [0.3, 0.4) is 0 Å². The van der Waals surface area contributed by atoms with Gasteiger partial charge in [-0.1, -0.05) is 6.92 Å². The standard InChI is InChI=1S/C12H19NO/c1-2-13-12(10-5-6-10)8-7-11-4-3-9-14-11/h3-4,9-10,12-13H,2,5-8H2,1H3. The van der Waals surface area contributed by atoms with Crippen molar-refractivity contribution in [2.75, 3.05) is 6.54 Å². The number of hydrogen-bond donors (Lipinski definition) is 1. The van der Waals surface area contributed by atoms with Gasteiger partial charge in [-0.05, 0) is 43.9 Å².